The number of aryl methyl sites for hydroxylation is 12. The van der Waals surface area contributed by atoms with E-state index >= 15 is 0 Å². The molecular formula is C115H171BBr2N14O15P2. The van der Waals surface area contributed by atoms with Gasteiger partial charge in [-0.15, -0.1) is 9.24 Å². The number of hydrogen-bond donors (Lipinski definition) is 9. The molecule has 2 atom stereocenters. The number of hydrogen-bond acceptors (Lipinski definition) is 22. The standard InChI is InChI=1S/4C14H16N2O.C14H13NO2.C13H17BO3.C7H8BrNO.C7H5BrO.2C3H6O.C2H4O2.C2H7P.CH6NP.CH5N.6CH4.2H3N/c4*1-10-7-14(17)16(2)9-13(10)12-6-4-3-5-11(12)8-15;1-10-7-14(17)15(2)8-13(10)12-6-4-3-5-11(12)9-16;1-12(2)13(3,4)17-14(16-12)11-8-6-5-7-10(11)9-15;1-5-3-7(10)9(2)4-6(5)8;8-7-4-2-1-3-6(7)5-9;2*1-3(2)4;1-2(3)4;2*1-2-3;1-2;;;;;;;;/h4*3-7,9H,8,15H2,1-2H3;3-9H,1-2H3;5-9H,1-4H3;3-4H,1-2H3;1-5H;2*1-2H3;1H3,(H,3,4);2-3H2,1H3;2H,3H2,1H3;2H2,1H3;6*1H4;2*1H3. The molecule has 13 aromatic rings. The van der Waals surface area contributed by atoms with E-state index in [0.717, 1.165) is 151 Å². The lowest BCUT2D eigenvalue weighted by atomic mass is 9.76. The molecule has 2 unspecified atom stereocenters. The van der Waals surface area contributed by atoms with E-state index in [2.05, 4.69) is 68.2 Å². The molecule has 818 valence electrons. The fraction of sp³-hybridized carbons (Fsp3) is 0.322. The zero-order valence-corrected chi connectivity index (χ0v) is 92.5. The molecule has 29 nitrogen and oxygen atoms in total. The van der Waals surface area contributed by atoms with Crippen LogP contribution in [0.4, 0.5) is 0 Å². The van der Waals surface area contributed by atoms with Crippen LogP contribution in [0.5, 0.6) is 0 Å². The minimum Gasteiger partial charge on any atom is -0.481 e. The van der Waals surface area contributed by atoms with Gasteiger partial charge in [-0.2, -0.15) is 0 Å². The van der Waals surface area contributed by atoms with Gasteiger partial charge in [-0.05, 0) is 228 Å². The number of nitrogens with two attached hydrogens (primary N) is 5. The monoisotopic (exact) mass is 2220 g/mol. The Morgan fingerprint density at radius 3 is 0.772 bits per heavy atom. The average Bonchev–Trinajstić information content (AvgIpc) is 1.65. The van der Waals surface area contributed by atoms with Gasteiger partial charge >= 0.3 is 7.12 Å². The minimum absolute atomic E-state index is 0. The van der Waals surface area contributed by atoms with Crippen LogP contribution in [0.2, 0.25) is 0 Å². The molecule has 0 radical (unpaired) electrons. The molecule has 6 aromatic heterocycles. The first kappa shape index (κ1) is 152. The lowest BCUT2D eigenvalue weighted by Crippen LogP contribution is -2.41. The van der Waals surface area contributed by atoms with Crippen molar-refractivity contribution < 1.29 is 43.2 Å². The van der Waals surface area contributed by atoms with E-state index in [1.54, 1.807) is 128 Å². The molecular weight excluding hydrogens is 2050 g/mol. The number of ketones is 2. The van der Waals surface area contributed by atoms with Gasteiger partial charge in [0.25, 0.3) is 39.3 Å². The van der Waals surface area contributed by atoms with Gasteiger partial charge < -0.3 is 97.5 Å². The van der Waals surface area contributed by atoms with Crippen LogP contribution >= 0.6 is 50.5 Å². The number of aldehydes is 3. The van der Waals surface area contributed by atoms with E-state index in [1.807, 2.05) is 253 Å². The summed E-state index contributed by atoms with van der Waals surface area (Å²) >= 11 is 6.55. The zero-order chi connectivity index (χ0) is 107. The number of Topliss-reactive ketones (excluding diaryl/α,β-unsaturated/α-hetero) is 2. The van der Waals surface area contributed by atoms with Crippen molar-refractivity contribution in [1.82, 2.24) is 44.8 Å². The lowest BCUT2D eigenvalue weighted by Gasteiger charge is -2.32. The van der Waals surface area contributed by atoms with Crippen LogP contribution in [0.1, 0.15) is 201 Å². The number of halogens is 2. The zero-order valence-electron chi connectivity index (χ0n) is 87.0. The molecule has 0 saturated carbocycles. The summed E-state index contributed by atoms with van der Waals surface area (Å²) in [5.74, 6) is -0.500. The summed E-state index contributed by atoms with van der Waals surface area (Å²) in [5.41, 5.74) is 50.0. The highest BCUT2D eigenvalue weighted by atomic mass is 79.9. The molecule has 1 saturated heterocycles. The van der Waals surface area contributed by atoms with Crippen molar-refractivity contribution in [1.29, 1.82) is 0 Å². The molecule has 0 aliphatic carbocycles. The number of benzene rings is 7. The fourth-order valence-electron chi connectivity index (χ4n) is 12.8. The van der Waals surface area contributed by atoms with Crippen molar-refractivity contribution in [3.05, 3.63) is 387 Å². The molecule has 7 heterocycles. The number of nitrogens with one attached hydrogen (secondary N) is 1. The van der Waals surface area contributed by atoms with Crippen LogP contribution in [0.3, 0.4) is 0 Å². The van der Waals surface area contributed by atoms with E-state index in [4.69, 9.17) is 42.1 Å². The summed E-state index contributed by atoms with van der Waals surface area (Å²) in [6, 6.07) is 63.9. The van der Waals surface area contributed by atoms with E-state index in [1.165, 1.54) is 50.0 Å². The quantitative estimate of drug-likeness (QED) is 0.0294. The summed E-state index contributed by atoms with van der Waals surface area (Å²) in [6.45, 7) is 30.8. The smallest absolute Gasteiger partial charge is 0.481 e. The highest BCUT2D eigenvalue weighted by Gasteiger charge is 2.52. The molecule has 149 heavy (non-hydrogen) atoms. The number of carbonyl (C=O) groups is 6. The highest BCUT2D eigenvalue weighted by molar-refractivity contribution is 9.10. The van der Waals surface area contributed by atoms with Crippen molar-refractivity contribution in [2.45, 2.75) is 193 Å². The summed E-state index contributed by atoms with van der Waals surface area (Å²) in [7, 11) is 18.2. The number of pyridine rings is 6. The molecule has 0 amide bonds. The van der Waals surface area contributed by atoms with Gasteiger partial charge in [0, 0.05) is 202 Å². The second-order valence-corrected chi connectivity index (χ2v) is 36.1. The van der Waals surface area contributed by atoms with E-state index in [0.29, 0.717) is 42.9 Å². The number of aliphatic carboxylic acids is 1. The number of carboxylic acid groups (broad SMARTS) is 1. The van der Waals surface area contributed by atoms with Crippen LogP contribution in [0.25, 0.3) is 55.6 Å². The molecule has 1 aliphatic rings. The van der Waals surface area contributed by atoms with Gasteiger partial charge in [-0.25, -0.2) is 0 Å². The average molecular weight is 2220 g/mol. The van der Waals surface area contributed by atoms with Crippen LogP contribution in [0.15, 0.2) is 281 Å². The summed E-state index contributed by atoms with van der Waals surface area (Å²) in [6.07, 6.45) is 14.7. The predicted molar refractivity (Wildman–Crippen MR) is 643 cm³/mol. The molecule has 34 heteroatoms. The van der Waals surface area contributed by atoms with Gasteiger partial charge in [0.2, 0.25) is 0 Å². The van der Waals surface area contributed by atoms with Crippen LogP contribution in [-0.2, 0) is 92.2 Å². The number of rotatable bonds is 13. The van der Waals surface area contributed by atoms with Crippen LogP contribution < -0.4 is 84.9 Å². The Kier molecular flexibility index (Phi) is 80.2. The summed E-state index contributed by atoms with van der Waals surface area (Å²) < 4.78 is 23.1. The predicted octanol–water partition coefficient (Wildman–Crippen LogP) is 20.8. The molecule has 0 spiro atoms. The fourth-order valence-corrected chi connectivity index (χ4v) is 13.6. The number of nitrogens with zero attached hydrogens (tertiary/aromatic N) is 6. The van der Waals surface area contributed by atoms with Gasteiger partial charge in [-0.3, -0.25) is 47.9 Å². The first-order valence-corrected chi connectivity index (χ1v) is 47.8. The van der Waals surface area contributed by atoms with E-state index < -0.39 is 13.1 Å². The Bertz CT molecular complexity index is 6140. The van der Waals surface area contributed by atoms with Crippen molar-refractivity contribution in [3.8, 4) is 55.6 Å². The van der Waals surface area contributed by atoms with Gasteiger partial charge in [0.05, 0.1) is 11.2 Å². The minimum atomic E-state index is -0.833. The SMILES string of the molecule is C.C.C.C.C.C.CC(=O)O.CC(C)=O.CC(C)=O.CC1(C)OB(c2ccccc2C=O)OC1(C)C.CCP.CN.CNP.Cc1cc(=O)n(C)cc1-c1ccccc1C=O.Cc1cc(=O)n(C)cc1-c1ccccc1CN.Cc1cc(=O)n(C)cc1-c1ccccc1CN.Cc1cc(=O)n(C)cc1-c1ccccc1CN.Cc1cc(=O)n(C)cc1-c1ccccc1CN.Cc1cc(=O)n(C)cc1Br.N.N.O=Cc1ccccc1Br. The Labute approximate surface area is 907 Å². The van der Waals surface area contributed by atoms with Gasteiger partial charge in [0.1, 0.15) is 17.9 Å². The number of aromatic nitrogens is 6. The molecule has 18 N–H and O–H groups in total. The maximum atomic E-state index is 11.5. The Balaban J connectivity index is -0.000000247. The molecule has 1 aliphatic heterocycles. The van der Waals surface area contributed by atoms with E-state index in [-0.39, 0.29) is 113 Å². The number of carboxylic acids is 1. The third-order valence-electron chi connectivity index (χ3n) is 20.7. The summed E-state index contributed by atoms with van der Waals surface area (Å²) in [4.78, 5) is 129. The first-order chi connectivity index (χ1) is 66.5. The van der Waals surface area contributed by atoms with Gasteiger partial charge in [0.15, 0.2) is 12.6 Å². The first-order valence-electron chi connectivity index (χ1n) is 44.8. The summed E-state index contributed by atoms with van der Waals surface area (Å²) in [5, 5.41) is 10.1. The Morgan fingerprint density at radius 2 is 0.550 bits per heavy atom. The Hall–Kier alpha value is -12.5. The van der Waals surface area contributed by atoms with Crippen LogP contribution in [0, 0.1) is 41.5 Å². The third-order valence-corrected chi connectivity index (χ3v) is 22.2. The van der Waals surface area contributed by atoms with Crippen LogP contribution in [-0.4, -0.2) is 107 Å². The largest absolute Gasteiger partial charge is 0.495 e. The molecule has 14 rings (SSSR count). The second-order valence-electron chi connectivity index (χ2n) is 33.0. The van der Waals surface area contributed by atoms with E-state index in [9.17, 15) is 52.7 Å². The maximum absolute atomic E-state index is 11.5. The highest BCUT2D eigenvalue weighted by Crippen LogP contribution is 2.37. The third kappa shape index (κ3) is 51.1. The second kappa shape index (κ2) is 78.7. The molecule has 7 aromatic carbocycles. The van der Waals surface area contributed by atoms with Crippen molar-refractivity contribution >= 4 is 99.5 Å². The molecule has 0 bridgehead atoms. The topological polar surface area (TPSA) is 485 Å². The number of carbonyl (C=O) groups excluding carboxylic acids is 5. The van der Waals surface area contributed by atoms with Crippen molar-refractivity contribution in [2.75, 3.05) is 20.3 Å². The Morgan fingerprint density at radius 1 is 0.362 bits per heavy atom. The molecule has 1 fully saturated rings. The van der Waals surface area contributed by atoms with Crippen molar-refractivity contribution in [2.24, 2.45) is 71.0 Å². The van der Waals surface area contributed by atoms with Crippen molar-refractivity contribution in [3.63, 3.8) is 0 Å². The maximum Gasteiger partial charge on any atom is 0.495 e. The lowest BCUT2D eigenvalue weighted by molar-refractivity contribution is -0.134. The normalized spacial score (nSPS) is 10.4. The van der Waals surface area contributed by atoms with Gasteiger partial charge in [-0.1, -0.05) is 241 Å².